The summed E-state index contributed by atoms with van der Waals surface area (Å²) in [6, 6.07) is 5.71. The summed E-state index contributed by atoms with van der Waals surface area (Å²) in [4.78, 5) is 28.5. The molecule has 0 spiro atoms. The Morgan fingerprint density at radius 2 is 1.74 bits per heavy atom. The number of benzene rings is 1. The van der Waals surface area contributed by atoms with Gasteiger partial charge >= 0.3 is 18.1 Å². The molecule has 1 aromatic heterocycles. The second kappa shape index (κ2) is 12.8. The van der Waals surface area contributed by atoms with E-state index in [4.69, 9.17) is 25.8 Å². The summed E-state index contributed by atoms with van der Waals surface area (Å²) in [7, 11) is -1.51. The molecular formula is C27H32ClF3N2O5Si. The third-order valence-electron chi connectivity index (χ3n) is 5.18. The summed E-state index contributed by atoms with van der Waals surface area (Å²) in [5.74, 6) is -1.04. The minimum Gasteiger partial charge on any atom is -0.493 e. The quantitative estimate of drug-likeness (QED) is 0.164. The molecule has 0 amide bonds. The summed E-state index contributed by atoms with van der Waals surface area (Å²) in [5, 5.41) is 9.53. The number of hydrogen-bond acceptors (Lipinski definition) is 7. The molecular weight excluding hydrogens is 553 g/mol. The molecule has 1 aromatic carbocycles. The maximum atomic E-state index is 13.1. The summed E-state index contributed by atoms with van der Waals surface area (Å²) < 4.78 is 55.9. The Hall–Kier alpha value is -3.10. The van der Waals surface area contributed by atoms with Gasteiger partial charge in [-0.05, 0) is 45.4 Å². The van der Waals surface area contributed by atoms with E-state index in [2.05, 4.69) is 24.6 Å². The topological polar surface area (TPSA) is 98.5 Å². The van der Waals surface area contributed by atoms with Crippen molar-refractivity contribution in [3.8, 4) is 22.9 Å². The lowest BCUT2D eigenvalue weighted by molar-refractivity contribution is -0.155. The maximum Gasteiger partial charge on any atom is 0.433 e. The number of ether oxygens (including phenoxy) is 3. The monoisotopic (exact) mass is 584 g/mol. The number of carbonyl (C=O) groups excluding carboxylic acids is 2. The zero-order valence-electron chi connectivity index (χ0n) is 22.8. The standard InChI is InChI=1S/C27H32ClF3N2O5Si/c1-26(2,3)38-24(34)8-7-9-36-22-14-21(28)18(13-19(22)25(35)37-10-11-39(4,5)6)20-16-33-23(27(29,30)31)12-17(20)15-32/h12-14,16H,7-11H2,1-6H3. The first kappa shape index (κ1) is 32.1. The minimum atomic E-state index is -4.74. The highest BCUT2D eigenvalue weighted by Gasteiger charge is 2.33. The third kappa shape index (κ3) is 10.2. The van der Waals surface area contributed by atoms with Crippen LogP contribution in [-0.2, 0) is 20.4 Å². The fraction of sp³-hybridized carbons (Fsp3) is 0.481. The summed E-state index contributed by atoms with van der Waals surface area (Å²) >= 11 is 6.44. The molecule has 39 heavy (non-hydrogen) atoms. The molecule has 0 aliphatic rings. The molecule has 0 atom stereocenters. The molecule has 0 aliphatic carbocycles. The molecule has 12 heteroatoms. The van der Waals surface area contributed by atoms with E-state index in [1.54, 1.807) is 26.8 Å². The van der Waals surface area contributed by atoms with E-state index < -0.39 is 37.5 Å². The van der Waals surface area contributed by atoms with Gasteiger partial charge in [0, 0.05) is 37.9 Å². The van der Waals surface area contributed by atoms with E-state index in [1.807, 2.05) is 0 Å². The molecule has 0 unspecified atom stereocenters. The second-order valence-corrected chi connectivity index (χ2v) is 17.1. The van der Waals surface area contributed by atoms with E-state index in [-0.39, 0.29) is 52.7 Å². The van der Waals surface area contributed by atoms with Crippen LogP contribution in [0, 0.1) is 11.3 Å². The van der Waals surface area contributed by atoms with Crippen LogP contribution < -0.4 is 4.74 Å². The summed E-state index contributed by atoms with van der Waals surface area (Å²) in [5.41, 5.74) is -2.05. The van der Waals surface area contributed by atoms with Crippen molar-refractivity contribution in [3.05, 3.63) is 46.2 Å². The molecule has 0 fully saturated rings. The van der Waals surface area contributed by atoms with Crippen molar-refractivity contribution in [2.45, 2.75) is 71.1 Å². The van der Waals surface area contributed by atoms with Gasteiger partial charge in [0.2, 0.25) is 0 Å². The molecule has 0 aliphatic heterocycles. The van der Waals surface area contributed by atoms with Crippen molar-refractivity contribution in [2.24, 2.45) is 0 Å². The molecule has 1 heterocycles. The van der Waals surface area contributed by atoms with Crippen LogP contribution >= 0.6 is 11.6 Å². The summed E-state index contributed by atoms with van der Waals surface area (Å²) in [6.45, 7) is 11.9. The van der Waals surface area contributed by atoms with E-state index >= 15 is 0 Å². The van der Waals surface area contributed by atoms with Gasteiger partial charge in [0.15, 0.2) is 0 Å². The van der Waals surface area contributed by atoms with Crippen molar-refractivity contribution >= 4 is 31.6 Å². The Labute approximate surface area is 232 Å². The molecule has 0 radical (unpaired) electrons. The van der Waals surface area contributed by atoms with E-state index in [0.29, 0.717) is 18.5 Å². The van der Waals surface area contributed by atoms with Gasteiger partial charge in [-0.2, -0.15) is 18.4 Å². The highest BCUT2D eigenvalue weighted by atomic mass is 35.5. The molecule has 0 N–H and O–H groups in total. The number of nitrogens with zero attached hydrogens (tertiary/aromatic N) is 2. The van der Waals surface area contributed by atoms with Gasteiger partial charge in [-0.1, -0.05) is 31.2 Å². The fourth-order valence-corrected chi connectivity index (χ4v) is 4.25. The SMILES string of the molecule is CC(C)(C)OC(=O)CCCOc1cc(Cl)c(-c2cnc(C(F)(F)F)cc2C#N)cc1C(=O)OCC[Si](C)(C)C. The predicted octanol–water partition coefficient (Wildman–Crippen LogP) is 7.29. The molecule has 0 saturated heterocycles. The Bertz CT molecular complexity index is 1250. The molecule has 212 valence electrons. The van der Waals surface area contributed by atoms with Crippen LogP contribution in [0.3, 0.4) is 0 Å². The molecule has 0 saturated carbocycles. The van der Waals surface area contributed by atoms with Crippen molar-refractivity contribution < 1.29 is 37.0 Å². The number of alkyl halides is 3. The largest absolute Gasteiger partial charge is 0.493 e. The predicted molar refractivity (Wildman–Crippen MR) is 143 cm³/mol. The van der Waals surface area contributed by atoms with Crippen molar-refractivity contribution in [1.29, 1.82) is 5.26 Å². The van der Waals surface area contributed by atoms with Gasteiger partial charge in [-0.3, -0.25) is 9.78 Å². The highest BCUT2D eigenvalue weighted by Crippen LogP contribution is 2.38. The first-order chi connectivity index (χ1) is 17.9. The lowest BCUT2D eigenvalue weighted by Crippen LogP contribution is -2.24. The molecule has 7 nitrogen and oxygen atoms in total. The van der Waals surface area contributed by atoms with Gasteiger partial charge in [-0.25, -0.2) is 4.79 Å². The number of halogens is 4. The van der Waals surface area contributed by atoms with Crippen LogP contribution in [0.2, 0.25) is 30.7 Å². The third-order valence-corrected chi connectivity index (χ3v) is 7.20. The van der Waals surface area contributed by atoms with Crippen LogP contribution in [0.15, 0.2) is 24.4 Å². The Kier molecular flexibility index (Phi) is 10.6. The highest BCUT2D eigenvalue weighted by molar-refractivity contribution is 6.76. The van der Waals surface area contributed by atoms with Crippen LogP contribution in [0.4, 0.5) is 13.2 Å². The van der Waals surface area contributed by atoms with E-state index in [1.165, 1.54) is 12.1 Å². The zero-order chi connectivity index (χ0) is 29.6. The minimum absolute atomic E-state index is 0.0168. The number of esters is 2. The van der Waals surface area contributed by atoms with Gasteiger partial charge in [0.05, 0.1) is 29.9 Å². The van der Waals surface area contributed by atoms with Gasteiger partial charge in [0.1, 0.15) is 22.6 Å². The average Bonchev–Trinajstić information content (AvgIpc) is 2.79. The molecule has 2 aromatic rings. The average molecular weight is 585 g/mol. The van der Waals surface area contributed by atoms with Gasteiger partial charge in [-0.15, -0.1) is 0 Å². The zero-order valence-corrected chi connectivity index (χ0v) is 24.5. The van der Waals surface area contributed by atoms with Gasteiger partial charge < -0.3 is 14.2 Å². The number of rotatable bonds is 10. The Morgan fingerprint density at radius 1 is 1.08 bits per heavy atom. The first-order valence-electron chi connectivity index (χ1n) is 12.2. The van der Waals surface area contributed by atoms with Crippen LogP contribution in [0.5, 0.6) is 5.75 Å². The lowest BCUT2D eigenvalue weighted by Gasteiger charge is -2.19. The first-order valence-corrected chi connectivity index (χ1v) is 16.3. The number of aromatic nitrogens is 1. The number of hydrogen-bond donors (Lipinski definition) is 0. The van der Waals surface area contributed by atoms with E-state index in [0.717, 1.165) is 6.20 Å². The summed E-state index contributed by atoms with van der Waals surface area (Å²) in [6.07, 6.45) is -3.47. The molecule has 2 rings (SSSR count). The van der Waals surface area contributed by atoms with Crippen LogP contribution in [0.1, 0.15) is 55.2 Å². The lowest BCUT2D eigenvalue weighted by atomic mass is 9.99. The normalized spacial score (nSPS) is 12.0. The fourth-order valence-electron chi connectivity index (χ4n) is 3.28. The molecule has 0 bridgehead atoms. The van der Waals surface area contributed by atoms with Crippen molar-refractivity contribution in [1.82, 2.24) is 4.98 Å². The van der Waals surface area contributed by atoms with Gasteiger partial charge in [0.25, 0.3) is 0 Å². The Balaban J connectivity index is 2.39. The Morgan fingerprint density at radius 3 is 2.31 bits per heavy atom. The number of nitriles is 1. The number of carbonyl (C=O) groups is 2. The van der Waals surface area contributed by atoms with Crippen molar-refractivity contribution in [2.75, 3.05) is 13.2 Å². The smallest absolute Gasteiger partial charge is 0.433 e. The van der Waals surface area contributed by atoms with E-state index in [9.17, 15) is 28.0 Å². The number of pyridine rings is 1. The maximum absolute atomic E-state index is 13.1. The van der Waals surface area contributed by atoms with Crippen molar-refractivity contribution in [3.63, 3.8) is 0 Å². The van der Waals surface area contributed by atoms with Crippen LogP contribution in [0.25, 0.3) is 11.1 Å². The van der Waals surface area contributed by atoms with Crippen LogP contribution in [-0.4, -0.2) is 43.8 Å². The second-order valence-electron chi connectivity index (χ2n) is 11.0.